The summed E-state index contributed by atoms with van der Waals surface area (Å²) in [5.41, 5.74) is 0.652. The average Bonchev–Trinajstić information content (AvgIpc) is 2.52. The molecule has 0 aliphatic heterocycles. The Kier molecular flexibility index (Phi) is 7.43. The number of hydrogen-bond donors (Lipinski definition) is 0. The number of rotatable bonds is 7. The molecule has 1 unspecified atom stereocenters. The van der Waals surface area contributed by atoms with Crippen molar-refractivity contribution in [2.45, 2.75) is 25.2 Å². The van der Waals surface area contributed by atoms with Crippen molar-refractivity contribution in [1.29, 1.82) is 5.26 Å². The zero-order valence-corrected chi connectivity index (χ0v) is 13.9. The van der Waals surface area contributed by atoms with Crippen LogP contribution in [0.3, 0.4) is 0 Å². The van der Waals surface area contributed by atoms with E-state index in [4.69, 9.17) is 14.7 Å². The normalized spacial score (nSPS) is 12.4. The van der Waals surface area contributed by atoms with Gasteiger partial charge in [0, 0.05) is 19.9 Å². The molecule has 0 radical (unpaired) electrons. The first kappa shape index (κ1) is 18.0. The van der Waals surface area contributed by atoms with E-state index in [1.807, 2.05) is 24.5 Å². The van der Waals surface area contributed by atoms with Gasteiger partial charge in [0.25, 0.3) is 0 Å². The van der Waals surface area contributed by atoms with Crippen molar-refractivity contribution in [3.8, 4) is 6.07 Å². The SMILES string of the molecule is CCOC(C)OC(=O)/C(C#N)=C\N(C)c1ccc(SC)nc1. The third-order valence-corrected chi connectivity index (χ3v) is 3.33. The minimum atomic E-state index is -0.719. The molecule has 1 rings (SSSR count). The Hall–Kier alpha value is -2.04. The Morgan fingerprint density at radius 1 is 1.59 bits per heavy atom. The van der Waals surface area contributed by atoms with Crippen molar-refractivity contribution in [3.05, 3.63) is 30.1 Å². The number of aromatic nitrogens is 1. The molecule has 0 saturated carbocycles. The fraction of sp³-hybridized carbons (Fsp3) is 0.400. The number of thioether (sulfide) groups is 1. The fourth-order valence-corrected chi connectivity index (χ4v) is 1.94. The summed E-state index contributed by atoms with van der Waals surface area (Å²) in [5.74, 6) is -0.719. The maximum atomic E-state index is 11.9. The van der Waals surface area contributed by atoms with Gasteiger partial charge in [-0.05, 0) is 32.2 Å². The monoisotopic (exact) mass is 321 g/mol. The Bertz CT molecular complexity index is 566. The molecular formula is C15H19N3O3S. The summed E-state index contributed by atoms with van der Waals surface area (Å²) in [7, 11) is 1.73. The number of pyridine rings is 1. The van der Waals surface area contributed by atoms with E-state index in [0.717, 1.165) is 10.7 Å². The van der Waals surface area contributed by atoms with Gasteiger partial charge in [0.2, 0.25) is 6.29 Å². The van der Waals surface area contributed by atoms with E-state index in [2.05, 4.69) is 4.98 Å². The molecular weight excluding hydrogens is 302 g/mol. The van der Waals surface area contributed by atoms with Crippen LogP contribution in [0.2, 0.25) is 0 Å². The van der Waals surface area contributed by atoms with Crippen molar-refractivity contribution >= 4 is 23.4 Å². The number of nitriles is 1. The first-order valence-electron chi connectivity index (χ1n) is 6.69. The summed E-state index contributed by atoms with van der Waals surface area (Å²) in [6.07, 6.45) is 4.33. The van der Waals surface area contributed by atoms with Gasteiger partial charge in [0.05, 0.1) is 16.9 Å². The number of nitrogens with zero attached hydrogens (tertiary/aromatic N) is 3. The highest BCUT2D eigenvalue weighted by molar-refractivity contribution is 7.98. The zero-order chi connectivity index (χ0) is 16.5. The molecule has 0 bridgehead atoms. The molecule has 1 heterocycles. The summed E-state index contributed by atoms with van der Waals surface area (Å²) in [6, 6.07) is 5.56. The first-order valence-corrected chi connectivity index (χ1v) is 7.91. The molecule has 0 amide bonds. The lowest BCUT2D eigenvalue weighted by atomic mass is 10.3. The van der Waals surface area contributed by atoms with Gasteiger partial charge < -0.3 is 14.4 Å². The Morgan fingerprint density at radius 2 is 2.32 bits per heavy atom. The number of anilines is 1. The summed E-state index contributed by atoms with van der Waals surface area (Å²) in [6.45, 7) is 3.82. The van der Waals surface area contributed by atoms with Crippen molar-refractivity contribution in [2.75, 3.05) is 24.8 Å². The van der Waals surface area contributed by atoms with E-state index in [0.29, 0.717) is 6.61 Å². The van der Waals surface area contributed by atoms with Crippen LogP contribution < -0.4 is 4.90 Å². The molecule has 1 aromatic rings. The second-order valence-corrected chi connectivity index (χ2v) is 5.08. The lowest BCUT2D eigenvalue weighted by Gasteiger charge is -2.16. The lowest BCUT2D eigenvalue weighted by molar-refractivity contribution is -0.168. The van der Waals surface area contributed by atoms with Gasteiger partial charge in [-0.2, -0.15) is 5.26 Å². The third kappa shape index (κ3) is 5.39. The van der Waals surface area contributed by atoms with Gasteiger partial charge in [-0.1, -0.05) is 0 Å². The molecule has 0 aromatic carbocycles. The summed E-state index contributed by atoms with van der Waals surface area (Å²) < 4.78 is 10.1. The zero-order valence-electron chi connectivity index (χ0n) is 13.1. The highest BCUT2D eigenvalue weighted by Crippen LogP contribution is 2.17. The Balaban J connectivity index is 2.81. The predicted molar refractivity (Wildman–Crippen MR) is 85.3 cm³/mol. The third-order valence-electron chi connectivity index (χ3n) is 2.67. The molecule has 0 spiro atoms. The maximum absolute atomic E-state index is 11.9. The van der Waals surface area contributed by atoms with Crippen LogP contribution in [0.25, 0.3) is 0 Å². The largest absolute Gasteiger partial charge is 0.432 e. The Labute approximate surface area is 134 Å². The van der Waals surface area contributed by atoms with Gasteiger partial charge in [0.15, 0.2) is 5.57 Å². The van der Waals surface area contributed by atoms with Gasteiger partial charge in [0.1, 0.15) is 6.07 Å². The van der Waals surface area contributed by atoms with Crippen molar-refractivity contribution < 1.29 is 14.3 Å². The fourth-order valence-electron chi connectivity index (χ4n) is 1.58. The number of esters is 1. The second kappa shape index (κ2) is 9.07. The minimum Gasteiger partial charge on any atom is -0.432 e. The van der Waals surface area contributed by atoms with Crippen molar-refractivity contribution in [1.82, 2.24) is 4.98 Å². The molecule has 0 aliphatic carbocycles. The van der Waals surface area contributed by atoms with Crippen LogP contribution in [0.4, 0.5) is 5.69 Å². The maximum Gasteiger partial charge on any atom is 0.352 e. The van der Waals surface area contributed by atoms with Crippen LogP contribution >= 0.6 is 11.8 Å². The van der Waals surface area contributed by atoms with Crippen LogP contribution in [0.15, 0.2) is 35.1 Å². The van der Waals surface area contributed by atoms with Crippen LogP contribution in [0, 0.1) is 11.3 Å². The average molecular weight is 321 g/mol. The van der Waals surface area contributed by atoms with Crippen LogP contribution in [0.1, 0.15) is 13.8 Å². The quantitative estimate of drug-likeness (QED) is 0.251. The standard InChI is InChI=1S/C15H19N3O3S/c1-5-20-11(2)21-15(19)12(8-16)10-18(3)13-6-7-14(22-4)17-9-13/h6-7,9-11H,5H2,1-4H3/b12-10-. The predicted octanol–water partition coefficient (Wildman–Crippen LogP) is 2.57. The van der Waals surface area contributed by atoms with Crippen LogP contribution in [-0.2, 0) is 14.3 Å². The van der Waals surface area contributed by atoms with Gasteiger partial charge in [-0.25, -0.2) is 9.78 Å². The molecule has 0 saturated heterocycles. The second-order valence-electron chi connectivity index (χ2n) is 4.25. The van der Waals surface area contributed by atoms with Gasteiger partial charge in [-0.15, -0.1) is 11.8 Å². The van der Waals surface area contributed by atoms with E-state index in [-0.39, 0.29) is 5.57 Å². The van der Waals surface area contributed by atoms with E-state index < -0.39 is 12.3 Å². The van der Waals surface area contributed by atoms with E-state index in [1.54, 1.807) is 32.0 Å². The van der Waals surface area contributed by atoms with Crippen LogP contribution in [-0.4, -0.2) is 37.2 Å². The summed E-state index contributed by atoms with van der Waals surface area (Å²) >= 11 is 1.54. The van der Waals surface area contributed by atoms with Gasteiger partial charge >= 0.3 is 5.97 Å². The van der Waals surface area contributed by atoms with Crippen LogP contribution in [0.5, 0.6) is 0 Å². The molecule has 0 N–H and O–H groups in total. The molecule has 1 atom stereocenters. The molecule has 1 aromatic heterocycles. The minimum absolute atomic E-state index is 0.108. The number of carbonyl (C=O) groups is 1. The highest BCUT2D eigenvalue weighted by atomic mass is 32.2. The van der Waals surface area contributed by atoms with E-state index in [1.165, 1.54) is 18.0 Å². The highest BCUT2D eigenvalue weighted by Gasteiger charge is 2.15. The first-order chi connectivity index (χ1) is 10.5. The van der Waals surface area contributed by atoms with Crippen molar-refractivity contribution in [3.63, 3.8) is 0 Å². The smallest absolute Gasteiger partial charge is 0.352 e. The molecule has 118 valence electrons. The molecule has 6 nitrogen and oxygen atoms in total. The number of ether oxygens (including phenoxy) is 2. The summed E-state index contributed by atoms with van der Waals surface area (Å²) in [5, 5.41) is 10.0. The lowest BCUT2D eigenvalue weighted by Crippen LogP contribution is -2.20. The van der Waals surface area contributed by atoms with Gasteiger partial charge in [-0.3, -0.25) is 0 Å². The van der Waals surface area contributed by atoms with E-state index >= 15 is 0 Å². The van der Waals surface area contributed by atoms with E-state index in [9.17, 15) is 4.79 Å². The molecule has 0 fully saturated rings. The van der Waals surface area contributed by atoms with Crippen molar-refractivity contribution in [2.24, 2.45) is 0 Å². The topological polar surface area (TPSA) is 75.5 Å². The molecule has 7 heteroatoms. The Morgan fingerprint density at radius 3 is 2.82 bits per heavy atom. The summed E-state index contributed by atoms with van der Waals surface area (Å²) in [4.78, 5) is 17.8. The molecule has 0 aliphatic rings. The number of hydrogen-bond acceptors (Lipinski definition) is 7. The molecule has 22 heavy (non-hydrogen) atoms. The number of carbonyl (C=O) groups excluding carboxylic acids is 1.